The summed E-state index contributed by atoms with van der Waals surface area (Å²) in [5, 5.41) is 9.82. The summed E-state index contributed by atoms with van der Waals surface area (Å²) < 4.78 is 5.23. The largest absolute Gasteiger partial charge is 0.462 e. The molecule has 0 radical (unpaired) electrons. The zero-order valence-corrected chi connectivity index (χ0v) is 14.1. The second-order valence-corrected chi connectivity index (χ2v) is 6.41. The number of aryl methyl sites for hydroxylation is 1. The first-order valence-corrected chi connectivity index (χ1v) is 8.50. The molecule has 2 aromatic heterocycles. The smallest absolute Gasteiger partial charge is 0.316 e. The first-order valence-electron chi connectivity index (χ1n) is 7.52. The third kappa shape index (κ3) is 3.44. The van der Waals surface area contributed by atoms with Gasteiger partial charge in [-0.3, -0.25) is 4.79 Å². The van der Waals surface area contributed by atoms with Gasteiger partial charge in [0.1, 0.15) is 5.52 Å². The third-order valence-electron chi connectivity index (χ3n) is 3.58. The summed E-state index contributed by atoms with van der Waals surface area (Å²) in [6, 6.07) is 6.09. The van der Waals surface area contributed by atoms with Crippen LogP contribution in [0.25, 0.3) is 22.1 Å². The minimum atomic E-state index is -0.264. The van der Waals surface area contributed by atoms with E-state index in [1.165, 1.54) is 11.8 Å². The Bertz CT molecular complexity index is 862. The summed E-state index contributed by atoms with van der Waals surface area (Å²) >= 11 is 1.23. The van der Waals surface area contributed by atoms with Gasteiger partial charge in [-0.15, -0.1) is 10.2 Å². The second-order valence-electron chi connectivity index (χ2n) is 5.46. The maximum Gasteiger partial charge on any atom is 0.316 e. The predicted molar refractivity (Wildman–Crippen MR) is 90.5 cm³/mol. The number of carbonyl (C=O) groups excluding carboxylic acids is 1. The predicted octanol–water partition coefficient (Wildman–Crippen LogP) is 3.25. The zero-order chi connectivity index (χ0) is 16.4. The van der Waals surface area contributed by atoms with Crippen molar-refractivity contribution in [3.8, 4) is 0 Å². The Morgan fingerprint density at radius 2 is 2.22 bits per heavy atom. The van der Waals surface area contributed by atoms with Gasteiger partial charge in [-0.2, -0.15) is 0 Å². The van der Waals surface area contributed by atoms with Gasteiger partial charge in [-0.25, -0.2) is 4.98 Å². The van der Waals surface area contributed by atoms with Crippen LogP contribution in [0.3, 0.4) is 0 Å². The van der Waals surface area contributed by atoms with Gasteiger partial charge in [0.25, 0.3) is 0 Å². The highest BCUT2D eigenvalue weighted by Gasteiger charge is 2.12. The van der Waals surface area contributed by atoms with E-state index in [-0.39, 0.29) is 17.8 Å². The van der Waals surface area contributed by atoms with Gasteiger partial charge in [-0.1, -0.05) is 30.3 Å². The van der Waals surface area contributed by atoms with E-state index in [1.807, 2.05) is 32.9 Å². The highest BCUT2D eigenvalue weighted by Crippen LogP contribution is 2.24. The highest BCUT2D eigenvalue weighted by molar-refractivity contribution is 7.99. The number of rotatable bonds is 5. The lowest BCUT2D eigenvalue weighted by molar-refractivity contribution is -0.144. The number of ether oxygens (including phenoxy) is 1. The Balaban J connectivity index is 1.78. The molecule has 1 aromatic carbocycles. The normalized spacial score (nSPS) is 12.7. The number of hydrogen-bond acceptors (Lipinski definition) is 6. The number of carbonyl (C=O) groups is 1. The molecule has 7 heteroatoms. The van der Waals surface area contributed by atoms with Crippen LogP contribution in [0.2, 0.25) is 0 Å². The van der Waals surface area contributed by atoms with E-state index in [0.29, 0.717) is 10.8 Å². The molecule has 2 heterocycles. The Hall–Kier alpha value is -2.15. The molecule has 0 saturated heterocycles. The second kappa shape index (κ2) is 6.54. The van der Waals surface area contributed by atoms with Crippen LogP contribution in [0.1, 0.15) is 25.8 Å². The van der Waals surface area contributed by atoms with Crippen LogP contribution in [0.15, 0.2) is 23.4 Å². The number of fused-ring (bicyclic) bond motifs is 3. The number of nitrogens with zero attached hydrogens (tertiary/aromatic N) is 3. The lowest BCUT2D eigenvalue weighted by Gasteiger charge is -2.09. The number of aromatic nitrogens is 4. The van der Waals surface area contributed by atoms with Crippen molar-refractivity contribution in [2.24, 2.45) is 0 Å². The summed E-state index contributed by atoms with van der Waals surface area (Å²) in [5.74, 6) is -0.0862. The fraction of sp³-hybridized carbons (Fsp3) is 0.375. The highest BCUT2D eigenvalue weighted by atomic mass is 32.2. The van der Waals surface area contributed by atoms with Crippen molar-refractivity contribution in [1.29, 1.82) is 0 Å². The van der Waals surface area contributed by atoms with Gasteiger partial charge in [0.2, 0.25) is 5.16 Å². The summed E-state index contributed by atoms with van der Waals surface area (Å²) in [7, 11) is 0. The van der Waals surface area contributed by atoms with E-state index in [1.54, 1.807) is 0 Å². The monoisotopic (exact) mass is 330 g/mol. The molecule has 1 N–H and O–H groups in total. The topological polar surface area (TPSA) is 80.8 Å². The standard InChI is InChI=1S/C16H18N4O2S/c1-4-10(3)22-13(21)8-23-16-18-15-14(19-20-16)11-7-9(2)5-6-12(11)17-15/h5-7,10H,4,8H2,1-3H3,(H,17,18,20). The lowest BCUT2D eigenvalue weighted by Crippen LogP contribution is -2.15. The van der Waals surface area contributed by atoms with Gasteiger partial charge < -0.3 is 9.72 Å². The van der Waals surface area contributed by atoms with Crippen LogP contribution in [0.4, 0.5) is 0 Å². The van der Waals surface area contributed by atoms with E-state index in [0.717, 1.165) is 28.4 Å². The van der Waals surface area contributed by atoms with E-state index in [9.17, 15) is 4.79 Å². The van der Waals surface area contributed by atoms with E-state index >= 15 is 0 Å². The maximum absolute atomic E-state index is 11.7. The first-order chi connectivity index (χ1) is 11.1. The number of benzene rings is 1. The molecule has 23 heavy (non-hydrogen) atoms. The quantitative estimate of drug-likeness (QED) is 0.571. The van der Waals surface area contributed by atoms with E-state index in [2.05, 4.69) is 26.2 Å². The Morgan fingerprint density at radius 3 is 3.00 bits per heavy atom. The van der Waals surface area contributed by atoms with Crippen LogP contribution < -0.4 is 0 Å². The first kappa shape index (κ1) is 15.7. The average molecular weight is 330 g/mol. The molecule has 0 spiro atoms. The molecule has 0 bridgehead atoms. The molecule has 0 amide bonds. The van der Waals surface area contributed by atoms with Crippen LogP contribution in [-0.2, 0) is 9.53 Å². The molecule has 0 saturated carbocycles. The summed E-state index contributed by atoms with van der Waals surface area (Å²) in [6.07, 6.45) is 0.733. The number of nitrogens with one attached hydrogen (secondary N) is 1. The van der Waals surface area contributed by atoms with Crippen molar-refractivity contribution >= 4 is 39.8 Å². The molecule has 3 aromatic rings. The van der Waals surface area contributed by atoms with Crippen molar-refractivity contribution in [2.45, 2.75) is 38.5 Å². The molecule has 1 unspecified atom stereocenters. The van der Waals surface area contributed by atoms with Crippen molar-refractivity contribution in [1.82, 2.24) is 20.2 Å². The molecular weight excluding hydrogens is 312 g/mol. The molecule has 0 aliphatic rings. The Kier molecular flexibility index (Phi) is 4.47. The minimum Gasteiger partial charge on any atom is -0.462 e. The van der Waals surface area contributed by atoms with E-state index < -0.39 is 0 Å². The van der Waals surface area contributed by atoms with Gasteiger partial charge in [0, 0.05) is 10.9 Å². The number of aromatic amines is 1. The van der Waals surface area contributed by atoms with Crippen LogP contribution >= 0.6 is 11.8 Å². The SMILES string of the molecule is CCC(C)OC(=O)CSc1nnc2c(n1)[nH]c1ccc(C)cc12. The molecule has 1 atom stereocenters. The lowest BCUT2D eigenvalue weighted by atomic mass is 10.2. The zero-order valence-electron chi connectivity index (χ0n) is 13.3. The van der Waals surface area contributed by atoms with Crippen LogP contribution in [0.5, 0.6) is 0 Å². The fourth-order valence-electron chi connectivity index (χ4n) is 2.20. The summed E-state index contributed by atoms with van der Waals surface area (Å²) in [6.45, 7) is 5.88. The van der Waals surface area contributed by atoms with Crippen molar-refractivity contribution < 1.29 is 9.53 Å². The molecule has 0 fully saturated rings. The van der Waals surface area contributed by atoms with Crippen molar-refractivity contribution in [3.05, 3.63) is 23.8 Å². The summed E-state index contributed by atoms with van der Waals surface area (Å²) in [4.78, 5) is 19.4. The number of H-pyrrole nitrogens is 1. The Labute approximate surface area is 138 Å². The average Bonchev–Trinajstić information content (AvgIpc) is 2.89. The molecule has 120 valence electrons. The van der Waals surface area contributed by atoms with E-state index in [4.69, 9.17) is 4.74 Å². The number of hydrogen-bond donors (Lipinski definition) is 1. The Morgan fingerprint density at radius 1 is 1.39 bits per heavy atom. The fourth-order valence-corrected chi connectivity index (χ4v) is 2.77. The molecule has 6 nitrogen and oxygen atoms in total. The van der Waals surface area contributed by atoms with Gasteiger partial charge in [-0.05, 0) is 32.4 Å². The van der Waals surface area contributed by atoms with Crippen molar-refractivity contribution in [2.75, 3.05) is 5.75 Å². The number of esters is 1. The van der Waals surface area contributed by atoms with Crippen molar-refractivity contribution in [3.63, 3.8) is 0 Å². The maximum atomic E-state index is 11.7. The molecule has 0 aliphatic heterocycles. The minimum absolute atomic E-state index is 0.0680. The summed E-state index contributed by atoms with van der Waals surface area (Å²) in [5.41, 5.74) is 3.56. The molecular formula is C16H18N4O2S. The van der Waals surface area contributed by atoms with Crippen LogP contribution in [0, 0.1) is 6.92 Å². The third-order valence-corrected chi connectivity index (χ3v) is 4.39. The van der Waals surface area contributed by atoms with Crippen LogP contribution in [-0.4, -0.2) is 38.0 Å². The molecule has 0 aliphatic carbocycles. The van der Waals surface area contributed by atoms with Gasteiger partial charge in [0.05, 0.1) is 11.9 Å². The molecule has 3 rings (SSSR count). The van der Waals surface area contributed by atoms with Gasteiger partial charge in [0.15, 0.2) is 5.65 Å². The number of thioether (sulfide) groups is 1. The van der Waals surface area contributed by atoms with Gasteiger partial charge >= 0.3 is 5.97 Å².